The van der Waals surface area contributed by atoms with E-state index in [-0.39, 0.29) is 35.6 Å². The number of phenolic OH excluding ortho intramolecular Hbond substituents is 1. The number of hydrogen-bond acceptors (Lipinski definition) is 7. The summed E-state index contributed by atoms with van der Waals surface area (Å²) in [6.07, 6.45) is 1.91. The second-order valence-corrected chi connectivity index (χ2v) is 13.1. The maximum Gasteiger partial charge on any atom is 0.203 e. The molecule has 4 atom stereocenters. The highest BCUT2D eigenvalue weighted by atomic mass is 16.3. The molecule has 0 aliphatic heterocycles. The van der Waals surface area contributed by atoms with Gasteiger partial charge in [0.1, 0.15) is 22.8 Å². The lowest BCUT2D eigenvalue weighted by atomic mass is 9.43. The molecule has 0 heterocycles. The fourth-order valence-corrected chi connectivity index (χ4v) is 8.37. The fraction of sp³-hybridized carbons (Fsp3) is 0.457. The van der Waals surface area contributed by atoms with Crippen LogP contribution in [-0.4, -0.2) is 43.4 Å². The molecule has 2 aromatic rings. The Morgan fingerprint density at radius 2 is 1.67 bits per heavy atom. The quantitative estimate of drug-likeness (QED) is 0.324. The van der Waals surface area contributed by atoms with Crippen molar-refractivity contribution in [2.24, 2.45) is 22.7 Å². The lowest BCUT2D eigenvalue weighted by Gasteiger charge is -2.59. The van der Waals surface area contributed by atoms with E-state index in [1.165, 1.54) is 6.07 Å². The van der Waals surface area contributed by atoms with E-state index in [1.807, 2.05) is 13.0 Å². The molecule has 0 amide bonds. The van der Waals surface area contributed by atoms with E-state index in [0.29, 0.717) is 5.56 Å². The van der Waals surface area contributed by atoms with E-state index in [2.05, 4.69) is 32.0 Å². The number of aliphatic hydroxyl groups excluding tert-OH is 2. The largest absolute Gasteiger partial charge is 0.508 e. The summed E-state index contributed by atoms with van der Waals surface area (Å²) in [6, 6.07) is 9.64. The van der Waals surface area contributed by atoms with Gasteiger partial charge in [-0.15, -0.1) is 0 Å². The molecule has 1 saturated carbocycles. The number of aliphatic hydroxyl groups is 3. The van der Waals surface area contributed by atoms with Crippen LogP contribution in [0.5, 0.6) is 5.75 Å². The van der Waals surface area contributed by atoms with Crippen LogP contribution in [-0.2, 0) is 33.6 Å². The van der Waals surface area contributed by atoms with Crippen molar-refractivity contribution in [2.45, 2.75) is 79.8 Å². The zero-order valence-corrected chi connectivity index (χ0v) is 25.4. The van der Waals surface area contributed by atoms with Gasteiger partial charge in [0.25, 0.3) is 0 Å². The molecule has 0 bridgehead atoms. The summed E-state index contributed by atoms with van der Waals surface area (Å²) in [5.74, 6) is -5.22. The van der Waals surface area contributed by atoms with Crippen LogP contribution in [0.15, 0.2) is 47.2 Å². The van der Waals surface area contributed by atoms with Gasteiger partial charge in [0.05, 0.1) is 5.56 Å². The second kappa shape index (κ2) is 9.66. The molecule has 0 radical (unpaired) electrons. The fourth-order valence-electron chi connectivity index (χ4n) is 8.37. The van der Waals surface area contributed by atoms with Gasteiger partial charge in [-0.2, -0.15) is 0 Å². The molecule has 5 rings (SSSR count). The van der Waals surface area contributed by atoms with E-state index in [0.717, 1.165) is 42.0 Å². The molecule has 7 nitrogen and oxygen atoms in total. The number of phenols is 1. The van der Waals surface area contributed by atoms with Gasteiger partial charge < -0.3 is 20.4 Å². The second-order valence-electron chi connectivity index (χ2n) is 13.1. The van der Waals surface area contributed by atoms with E-state index in [1.54, 1.807) is 20.8 Å². The Kier molecular flexibility index (Phi) is 6.85. The smallest absolute Gasteiger partial charge is 0.203 e. The van der Waals surface area contributed by atoms with Gasteiger partial charge in [0, 0.05) is 22.3 Å². The number of rotatable bonds is 5. The molecule has 4 N–H and O–H groups in total. The van der Waals surface area contributed by atoms with Crippen molar-refractivity contribution in [2.75, 3.05) is 0 Å². The normalized spacial score (nSPS) is 29.0. The van der Waals surface area contributed by atoms with E-state index >= 15 is 0 Å². The molecule has 222 valence electrons. The van der Waals surface area contributed by atoms with Gasteiger partial charge >= 0.3 is 0 Å². The predicted octanol–water partition coefficient (Wildman–Crippen LogP) is 5.98. The van der Waals surface area contributed by atoms with Crippen LogP contribution in [0.2, 0.25) is 0 Å². The van der Waals surface area contributed by atoms with Crippen molar-refractivity contribution >= 4 is 23.1 Å². The third-order valence-electron chi connectivity index (χ3n) is 10.1. The van der Waals surface area contributed by atoms with Gasteiger partial charge in [0.2, 0.25) is 5.78 Å². The number of fused-ring (bicyclic) bond motifs is 3. The van der Waals surface area contributed by atoms with Gasteiger partial charge in [-0.1, -0.05) is 65.8 Å². The number of hydrogen-bond donors (Lipinski definition) is 4. The van der Waals surface area contributed by atoms with Crippen LogP contribution >= 0.6 is 0 Å². The molecule has 0 saturated heterocycles. The summed E-state index contributed by atoms with van der Waals surface area (Å²) in [7, 11) is 0. The van der Waals surface area contributed by atoms with E-state index in [4.69, 9.17) is 0 Å². The van der Waals surface area contributed by atoms with E-state index < -0.39 is 56.8 Å². The number of Topliss-reactive ketones (excluding diaryl/α,β-unsaturated/α-hetero) is 3. The average molecular weight is 573 g/mol. The highest BCUT2D eigenvalue weighted by Crippen LogP contribution is 2.65. The Balaban J connectivity index is 1.83. The molecule has 42 heavy (non-hydrogen) atoms. The predicted molar refractivity (Wildman–Crippen MR) is 160 cm³/mol. The molecular weight excluding hydrogens is 532 g/mol. The van der Waals surface area contributed by atoms with Gasteiger partial charge in [-0.05, 0) is 72.4 Å². The van der Waals surface area contributed by atoms with Crippen molar-refractivity contribution in [3.63, 3.8) is 0 Å². The number of ketones is 3. The third kappa shape index (κ3) is 3.72. The van der Waals surface area contributed by atoms with Crippen molar-refractivity contribution in [1.82, 2.24) is 0 Å². The van der Waals surface area contributed by atoms with Gasteiger partial charge in [-0.3, -0.25) is 14.4 Å². The highest BCUT2D eigenvalue weighted by molar-refractivity contribution is 6.24. The minimum Gasteiger partial charge on any atom is -0.508 e. The lowest BCUT2D eigenvalue weighted by Crippen LogP contribution is -2.69. The Morgan fingerprint density at radius 3 is 2.24 bits per heavy atom. The molecule has 0 aromatic heterocycles. The zero-order valence-electron chi connectivity index (χ0n) is 25.4. The standard InChI is InChI=1S/C35H40O7/c1-8-19-10-11-20(9-2)22(14-19)21-12-13-24(37)26-23(21)15-33(6)16-34(7)27(17(3)4)29(38)25(18(5)36)31(40)35(34,42)32(41)28(33)30(26)39/h10-14,17,27,37,39-40,42H,8-9,15-16H2,1-7H3/t27?,33-,34-,35+/m1/s1. The summed E-state index contributed by atoms with van der Waals surface area (Å²) in [4.78, 5) is 40.7. The Hall–Kier alpha value is -3.71. The zero-order chi connectivity index (χ0) is 31.1. The summed E-state index contributed by atoms with van der Waals surface area (Å²) in [6.45, 7) is 12.3. The van der Waals surface area contributed by atoms with Crippen LogP contribution in [0.25, 0.3) is 16.9 Å². The van der Waals surface area contributed by atoms with Crippen molar-refractivity contribution in [1.29, 1.82) is 0 Å². The van der Waals surface area contributed by atoms with Gasteiger partial charge in [-0.25, -0.2) is 0 Å². The molecular formula is C35H40O7. The minimum atomic E-state index is -2.62. The third-order valence-corrected chi connectivity index (χ3v) is 10.1. The number of allylic oxidation sites excluding steroid dienone is 1. The Bertz CT molecular complexity index is 1630. The topological polar surface area (TPSA) is 132 Å². The first-order valence-electron chi connectivity index (χ1n) is 14.8. The number of benzene rings is 2. The molecule has 0 spiro atoms. The monoisotopic (exact) mass is 572 g/mol. The van der Waals surface area contributed by atoms with Crippen molar-refractivity contribution < 1.29 is 34.8 Å². The average Bonchev–Trinajstić information content (AvgIpc) is 2.90. The van der Waals surface area contributed by atoms with Crippen LogP contribution in [0.4, 0.5) is 0 Å². The van der Waals surface area contributed by atoms with Crippen molar-refractivity contribution in [3.05, 3.63) is 69.5 Å². The maximum atomic E-state index is 14.5. The Morgan fingerprint density at radius 1 is 1.00 bits per heavy atom. The SMILES string of the molecule is CCc1ccc(CC)c(-c2ccc(O)c3c2C[C@]2(C)C[C@]4(C)C(C(C)C)C(=O)C(C(C)=O)=C(O)[C@]4(O)C(=O)C2=C3O)c1. The van der Waals surface area contributed by atoms with Crippen LogP contribution < -0.4 is 0 Å². The lowest BCUT2D eigenvalue weighted by molar-refractivity contribution is -0.178. The van der Waals surface area contributed by atoms with Crippen molar-refractivity contribution in [3.8, 4) is 16.9 Å². The number of aromatic hydroxyl groups is 1. The summed E-state index contributed by atoms with van der Waals surface area (Å²) in [5, 5.41) is 46.4. The van der Waals surface area contributed by atoms with Crippen LogP contribution in [0, 0.1) is 22.7 Å². The first-order valence-corrected chi connectivity index (χ1v) is 14.8. The first kappa shape index (κ1) is 29.8. The van der Waals surface area contributed by atoms with Gasteiger partial charge in [0.15, 0.2) is 17.2 Å². The highest BCUT2D eigenvalue weighted by Gasteiger charge is 2.72. The van der Waals surface area contributed by atoms with Crippen LogP contribution in [0.1, 0.15) is 77.1 Å². The molecule has 1 fully saturated rings. The summed E-state index contributed by atoms with van der Waals surface area (Å²) < 4.78 is 0. The number of aryl methyl sites for hydroxylation is 2. The molecule has 3 aliphatic rings. The molecule has 2 aromatic carbocycles. The number of carbonyl (C=O) groups excluding carboxylic acids is 3. The number of carbonyl (C=O) groups is 3. The molecule has 7 heteroatoms. The minimum absolute atomic E-state index is 0.0651. The van der Waals surface area contributed by atoms with Crippen LogP contribution in [0.3, 0.4) is 0 Å². The summed E-state index contributed by atoms with van der Waals surface area (Å²) >= 11 is 0. The first-order chi connectivity index (χ1) is 19.6. The Labute approximate surface area is 246 Å². The maximum absolute atomic E-state index is 14.5. The van der Waals surface area contributed by atoms with E-state index in [9.17, 15) is 34.8 Å². The molecule has 1 unspecified atom stereocenters. The molecule has 3 aliphatic carbocycles. The summed E-state index contributed by atoms with van der Waals surface area (Å²) in [5.41, 5.74) is -0.999.